The van der Waals surface area contributed by atoms with Gasteiger partial charge in [0.05, 0.1) is 0 Å². The van der Waals surface area contributed by atoms with Crippen LogP contribution in [0.5, 0.6) is 5.75 Å². The fourth-order valence-corrected chi connectivity index (χ4v) is 1.72. The Balaban J connectivity index is 2.33. The summed E-state index contributed by atoms with van der Waals surface area (Å²) in [6, 6.07) is 8.78. The fourth-order valence-electron chi connectivity index (χ4n) is 1.72. The van der Waals surface area contributed by atoms with Crippen LogP contribution in [0.3, 0.4) is 0 Å². The Morgan fingerprint density at radius 1 is 1.36 bits per heavy atom. The lowest BCUT2D eigenvalue weighted by Crippen LogP contribution is -2.27. The molecular formula is C16H21N3O3. The van der Waals surface area contributed by atoms with Crippen molar-refractivity contribution in [3.63, 3.8) is 0 Å². The average molecular weight is 303 g/mol. The molecule has 3 N–H and O–H groups in total. The Labute approximate surface area is 130 Å². The van der Waals surface area contributed by atoms with E-state index in [1.165, 1.54) is 6.20 Å². The van der Waals surface area contributed by atoms with E-state index in [9.17, 15) is 9.90 Å². The molecule has 0 atom stereocenters. The first-order valence-corrected chi connectivity index (χ1v) is 7.06. The number of rotatable bonds is 9. The summed E-state index contributed by atoms with van der Waals surface area (Å²) in [5, 5.41) is 23.8. The molecular weight excluding hydrogens is 282 g/mol. The van der Waals surface area contributed by atoms with E-state index in [0.29, 0.717) is 26.1 Å². The van der Waals surface area contributed by atoms with Crippen LogP contribution in [0.25, 0.3) is 0 Å². The van der Waals surface area contributed by atoms with Crippen molar-refractivity contribution >= 4 is 5.91 Å². The van der Waals surface area contributed by atoms with Gasteiger partial charge in [-0.25, -0.2) is 0 Å². The van der Waals surface area contributed by atoms with Crippen molar-refractivity contribution in [2.75, 3.05) is 26.8 Å². The van der Waals surface area contributed by atoms with Gasteiger partial charge < -0.3 is 20.5 Å². The number of methoxy groups -OCH3 is 1. The molecule has 0 saturated carbocycles. The summed E-state index contributed by atoms with van der Waals surface area (Å²) in [5.74, 6) is -0.163. The standard InChI is InChI=1S/C16H21N3O3/c1-22-10-2-8-19-16(21)14(11-17)12-18-9-7-13-3-5-15(20)6-4-13/h3-6,12,18,20H,2,7-10H2,1H3,(H,19,21)/b14-12-. The summed E-state index contributed by atoms with van der Waals surface area (Å²) >= 11 is 0. The first kappa shape index (κ1) is 17.5. The minimum Gasteiger partial charge on any atom is -0.508 e. The SMILES string of the molecule is COCCCNC(=O)/C(C#N)=C\NCCc1ccc(O)cc1. The molecule has 0 aliphatic rings. The Morgan fingerprint density at radius 2 is 2.09 bits per heavy atom. The number of hydrogen-bond donors (Lipinski definition) is 3. The summed E-state index contributed by atoms with van der Waals surface area (Å²) in [6.45, 7) is 1.63. The highest BCUT2D eigenvalue weighted by atomic mass is 16.5. The van der Waals surface area contributed by atoms with Crippen molar-refractivity contribution in [1.82, 2.24) is 10.6 Å². The van der Waals surface area contributed by atoms with Gasteiger partial charge in [0.1, 0.15) is 17.4 Å². The molecule has 0 unspecified atom stereocenters. The topological polar surface area (TPSA) is 94.4 Å². The zero-order chi connectivity index (χ0) is 16.2. The molecule has 0 heterocycles. The third kappa shape index (κ3) is 6.77. The number of phenols is 1. The molecule has 0 saturated heterocycles. The van der Waals surface area contributed by atoms with Crippen molar-refractivity contribution in [3.8, 4) is 11.8 Å². The average Bonchev–Trinajstić information content (AvgIpc) is 2.53. The number of ether oxygens (including phenoxy) is 1. The minimum atomic E-state index is -0.393. The Kier molecular flexibility index (Phi) is 8.16. The number of benzene rings is 1. The molecule has 0 aliphatic heterocycles. The predicted octanol–water partition coefficient (Wildman–Crippen LogP) is 1.08. The van der Waals surface area contributed by atoms with Crippen molar-refractivity contribution in [1.29, 1.82) is 5.26 Å². The van der Waals surface area contributed by atoms with E-state index in [1.807, 2.05) is 18.2 Å². The van der Waals surface area contributed by atoms with Crippen molar-refractivity contribution in [2.45, 2.75) is 12.8 Å². The first-order chi connectivity index (χ1) is 10.7. The largest absolute Gasteiger partial charge is 0.508 e. The Bertz CT molecular complexity index is 533. The van der Waals surface area contributed by atoms with Crippen molar-refractivity contribution in [2.24, 2.45) is 0 Å². The second-order valence-corrected chi connectivity index (χ2v) is 4.64. The summed E-state index contributed by atoms with van der Waals surface area (Å²) < 4.78 is 4.88. The normalized spacial score (nSPS) is 10.8. The van der Waals surface area contributed by atoms with E-state index >= 15 is 0 Å². The van der Waals surface area contributed by atoms with Crippen LogP contribution >= 0.6 is 0 Å². The van der Waals surface area contributed by atoms with Gasteiger partial charge in [-0.3, -0.25) is 4.79 Å². The molecule has 22 heavy (non-hydrogen) atoms. The van der Waals surface area contributed by atoms with Gasteiger partial charge in [-0.2, -0.15) is 5.26 Å². The lowest BCUT2D eigenvalue weighted by Gasteiger charge is -2.05. The molecule has 118 valence electrons. The zero-order valence-corrected chi connectivity index (χ0v) is 12.6. The Morgan fingerprint density at radius 3 is 2.73 bits per heavy atom. The lowest BCUT2D eigenvalue weighted by atomic mass is 10.1. The number of carbonyl (C=O) groups is 1. The Hall–Kier alpha value is -2.52. The van der Waals surface area contributed by atoms with E-state index in [1.54, 1.807) is 19.2 Å². The number of aromatic hydroxyl groups is 1. The van der Waals surface area contributed by atoms with Crippen LogP contribution in [0.4, 0.5) is 0 Å². The highest BCUT2D eigenvalue weighted by Gasteiger charge is 2.07. The molecule has 0 fully saturated rings. The van der Waals surface area contributed by atoms with Gasteiger partial charge >= 0.3 is 0 Å². The predicted molar refractivity (Wildman–Crippen MR) is 83.0 cm³/mol. The minimum absolute atomic E-state index is 0.0446. The van der Waals surface area contributed by atoms with Crippen LogP contribution in [-0.2, 0) is 16.0 Å². The van der Waals surface area contributed by atoms with E-state index in [2.05, 4.69) is 10.6 Å². The van der Waals surface area contributed by atoms with Crippen LogP contribution in [-0.4, -0.2) is 37.8 Å². The maximum absolute atomic E-state index is 11.7. The number of nitrogens with one attached hydrogen (secondary N) is 2. The molecule has 0 radical (unpaired) electrons. The summed E-state index contributed by atoms with van der Waals surface area (Å²) in [4.78, 5) is 11.7. The monoisotopic (exact) mass is 303 g/mol. The molecule has 0 spiro atoms. The highest BCUT2D eigenvalue weighted by Crippen LogP contribution is 2.09. The van der Waals surface area contributed by atoms with Crippen LogP contribution < -0.4 is 10.6 Å². The van der Waals surface area contributed by atoms with Gasteiger partial charge in [0.15, 0.2) is 0 Å². The molecule has 1 rings (SSSR count). The molecule has 1 amide bonds. The second-order valence-electron chi connectivity index (χ2n) is 4.64. The number of phenolic OH excluding ortho intramolecular Hbond substituents is 1. The van der Waals surface area contributed by atoms with Gasteiger partial charge in [-0.1, -0.05) is 12.1 Å². The third-order valence-corrected chi connectivity index (χ3v) is 2.92. The van der Waals surface area contributed by atoms with Crippen LogP contribution in [0, 0.1) is 11.3 Å². The quantitative estimate of drug-likeness (QED) is 0.360. The number of nitrogens with zero attached hydrogens (tertiary/aromatic N) is 1. The summed E-state index contributed by atoms with van der Waals surface area (Å²) in [6.07, 6.45) is 2.85. The van der Waals surface area contributed by atoms with E-state index < -0.39 is 5.91 Å². The van der Waals surface area contributed by atoms with Crippen molar-refractivity contribution < 1.29 is 14.6 Å². The van der Waals surface area contributed by atoms with E-state index in [0.717, 1.165) is 12.0 Å². The second kappa shape index (κ2) is 10.2. The molecule has 1 aromatic carbocycles. The van der Waals surface area contributed by atoms with Gasteiger partial charge in [-0.15, -0.1) is 0 Å². The van der Waals surface area contributed by atoms with Crippen LogP contribution in [0.15, 0.2) is 36.0 Å². The maximum Gasteiger partial charge on any atom is 0.263 e. The summed E-state index contributed by atoms with van der Waals surface area (Å²) in [5.41, 5.74) is 1.10. The lowest BCUT2D eigenvalue weighted by molar-refractivity contribution is -0.117. The fraction of sp³-hybridized carbons (Fsp3) is 0.375. The summed E-state index contributed by atoms with van der Waals surface area (Å²) in [7, 11) is 1.60. The van der Waals surface area contributed by atoms with Gasteiger partial charge in [0, 0.05) is 33.0 Å². The molecule has 0 aliphatic carbocycles. The number of hydrogen-bond acceptors (Lipinski definition) is 5. The molecule has 1 aromatic rings. The first-order valence-electron chi connectivity index (χ1n) is 7.06. The molecule has 0 aromatic heterocycles. The number of nitriles is 1. The number of amides is 1. The van der Waals surface area contributed by atoms with Crippen LogP contribution in [0.2, 0.25) is 0 Å². The van der Waals surface area contributed by atoms with Crippen LogP contribution in [0.1, 0.15) is 12.0 Å². The van der Waals surface area contributed by atoms with Gasteiger partial charge in [-0.05, 0) is 30.5 Å². The molecule has 6 nitrogen and oxygen atoms in total. The molecule has 6 heteroatoms. The zero-order valence-electron chi connectivity index (χ0n) is 12.6. The van der Waals surface area contributed by atoms with Gasteiger partial charge in [0.25, 0.3) is 5.91 Å². The number of carbonyl (C=O) groups excluding carboxylic acids is 1. The third-order valence-electron chi connectivity index (χ3n) is 2.92. The highest BCUT2D eigenvalue weighted by molar-refractivity contribution is 5.97. The van der Waals surface area contributed by atoms with Gasteiger partial charge in [0.2, 0.25) is 0 Å². The van der Waals surface area contributed by atoms with E-state index in [-0.39, 0.29) is 11.3 Å². The van der Waals surface area contributed by atoms with Crippen molar-refractivity contribution in [3.05, 3.63) is 41.6 Å². The molecule has 0 bridgehead atoms. The van der Waals surface area contributed by atoms with E-state index in [4.69, 9.17) is 10.00 Å². The maximum atomic E-state index is 11.7. The smallest absolute Gasteiger partial charge is 0.263 e.